The lowest BCUT2D eigenvalue weighted by molar-refractivity contribution is -0.144. The van der Waals surface area contributed by atoms with Gasteiger partial charge in [-0.15, -0.1) is 0 Å². The Morgan fingerprint density at radius 3 is 2.78 bits per heavy atom. The highest BCUT2D eigenvalue weighted by atomic mass is 32.2. The van der Waals surface area contributed by atoms with Gasteiger partial charge in [-0.25, -0.2) is 13.1 Å². The lowest BCUT2D eigenvalue weighted by atomic mass is 9.95. The minimum absolute atomic E-state index is 0.0809. The molecule has 4 heterocycles. The van der Waals surface area contributed by atoms with Crippen molar-refractivity contribution in [1.29, 1.82) is 0 Å². The van der Waals surface area contributed by atoms with E-state index in [1.807, 2.05) is 0 Å². The fourth-order valence-corrected chi connectivity index (χ4v) is 6.13. The second-order valence-electron chi connectivity index (χ2n) is 9.10. The van der Waals surface area contributed by atoms with Crippen LogP contribution in [0, 0.1) is 0 Å². The van der Waals surface area contributed by atoms with Crippen LogP contribution in [-0.4, -0.2) is 80.7 Å². The van der Waals surface area contributed by atoms with Crippen molar-refractivity contribution >= 4 is 27.1 Å². The largest absolute Gasteiger partial charge is 0.495 e. The van der Waals surface area contributed by atoms with E-state index in [0.717, 1.165) is 0 Å². The average molecular weight is 554 g/mol. The van der Waals surface area contributed by atoms with Gasteiger partial charge in [-0.3, -0.25) is 4.79 Å². The number of fused-ring (bicyclic) bond motifs is 3. The summed E-state index contributed by atoms with van der Waals surface area (Å²) in [5.41, 5.74) is -0.434. The summed E-state index contributed by atoms with van der Waals surface area (Å²) in [5, 5.41) is 7.33. The molecule has 0 unspecified atom stereocenters. The zero-order chi connectivity index (χ0) is 31.5. The van der Waals surface area contributed by atoms with E-state index in [9.17, 15) is 13.2 Å². The number of sulfone groups is 1. The first-order valence-corrected chi connectivity index (χ1v) is 13.8. The fourth-order valence-electron chi connectivity index (χ4n) is 4.30. The predicted octanol–water partition coefficient (Wildman–Crippen LogP) is 3.17. The number of aromatic nitrogens is 2. The molecule has 2 aliphatic rings. The Labute approximate surface area is 228 Å². The average Bonchev–Trinajstić information content (AvgIpc) is 3.55. The maximum absolute atomic E-state index is 14.2. The number of methoxy groups -OCH3 is 2. The molecule has 3 aromatic rings. The van der Waals surface area contributed by atoms with Crippen molar-refractivity contribution in [3.63, 3.8) is 0 Å². The molecule has 2 aromatic heterocycles. The van der Waals surface area contributed by atoms with Crippen LogP contribution in [0.4, 0.5) is 0 Å². The topological polar surface area (TPSA) is 109 Å². The summed E-state index contributed by atoms with van der Waals surface area (Å²) in [5.74, 6) is -0.646. The predicted molar refractivity (Wildman–Crippen MR) is 138 cm³/mol. The van der Waals surface area contributed by atoms with Crippen molar-refractivity contribution in [2.45, 2.75) is 36.1 Å². The van der Waals surface area contributed by atoms with Crippen molar-refractivity contribution in [3.8, 4) is 28.4 Å². The molecule has 198 valence electrons. The first-order chi connectivity index (χ1) is 20.0. The number of hydrogen-bond acceptors (Lipinski definition) is 9. The maximum Gasteiger partial charge on any atom is 0.275 e. The molecule has 1 aromatic carbocycles. The van der Waals surface area contributed by atoms with Crippen LogP contribution in [0.3, 0.4) is 0 Å². The molecule has 0 bridgehead atoms. The first kappa shape index (κ1) is 19.2. The highest BCUT2D eigenvalue weighted by molar-refractivity contribution is 7.92. The number of benzene rings is 1. The number of nitrogens with zero attached hydrogens (tertiary/aromatic N) is 3. The molecule has 1 saturated heterocycles. The zero-order valence-corrected chi connectivity index (χ0v) is 21.9. The highest BCUT2D eigenvalue weighted by Gasteiger charge is 2.46. The lowest BCUT2D eigenvalue weighted by Crippen LogP contribution is -2.65. The van der Waals surface area contributed by atoms with Crippen molar-refractivity contribution in [2.24, 2.45) is 0 Å². The monoisotopic (exact) mass is 553 g/mol. The summed E-state index contributed by atoms with van der Waals surface area (Å²) in [6, 6.07) is 4.61. The first-order valence-electron chi connectivity index (χ1n) is 14.3. The number of amides is 1. The number of thiophene rings is 1. The van der Waals surface area contributed by atoms with E-state index in [1.54, 1.807) is 30.7 Å². The minimum atomic E-state index is -3.83. The smallest absolute Gasteiger partial charge is 0.275 e. The molecule has 1 amide bonds. The summed E-state index contributed by atoms with van der Waals surface area (Å²) >= 11 is 1.36. The second kappa shape index (κ2) is 9.43. The molecule has 0 saturated carbocycles. The van der Waals surface area contributed by atoms with Crippen LogP contribution < -0.4 is 9.47 Å². The minimum Gasteiger partial charge on any atom is -0.495 e. The Bertz CT molecular complexity index is 1650. The van der Waals surface area contributed by atoms with Gasteiger partial charge in [-0.05, 0) is 31.4 Å². The van der Waals surface area contributed by atoms with Gasteiger partial charge < -0.3 is 23.8 Å². The fraction of sp³-hybridized carbons (Fsp3) is 0.440. The Morgan fingerprint density at radius 2 is 2.19 bits per heavy atom. The van der Waals surface area contributed by atoms with Crippen LogP contribution in [0.5, 0.6) is 11.5 Å². The molecule has 0 aliphatic carbocycles. The SMILES string of the molecule is [2H]C([2H])([2H])OCC1(N(C(=O)c2nn(-c3ccsc3)c3c2COc2cc(OC)c(S(=O)(=O)C(C)C)cc2-3)C([2H])([2H])[2H])COC1. The van der Waals surface area contributed by atoms with Crippen LogP contribution in [0.15, 0.2) is 33.9 Å². The van der Waals surface area contributed by atoms with Gasteiger partial charge in [-0.2, -0.15) is 16.4 Å². The Kier molecular flexibility index (Phi) is 4.89. The third-order valence-electron chi connectivity index (χ3n) is 6.52. The summed E-state index contributed by atoms with van der Waals surface area (Å²) in [4.78, 5) is 14.7. The summed E-state index contributed by atoms with van der Waals surface area (Å²) in [6.45, 7) is -1.29. The third kappa shape index (κ3) is 4.02. The van der Waals surface area contributed by atoms with Gasteiger partial charge >= 0.3 is 0 Å². The van der Waals surface area contributed by atoms with Gasteiger partial charge in [0.15, 0.2) is 15.5 Å². The molecular formula is C25H29N3O7S2. The highest BCUT2D eigenvalue weighted by Crippen LogP contribution is 2.45. The number of carbonyl (C=O) groups is 1. The van der Waals surface area contributed by atoms with Crippen LogP contribution in [0.25, 0.3) is 16.9 Å². The Morgan fingerprint density at radius 1 is 1.38 bits per heavy atom. The molecule has 2 aliphatic heterocycles. The van der Waals surface area contributed by atoms with Crippen LogP contribution >= 0.6 is 11.3 Å². The Balaban J connectivity index is 1.71. The van der Waals surface area contributed by atoms with Gasteiger partial charge in [0.2, 0.25) is 0 Å². The summed E-state index contributed by atoms with van der Waals surface area (Å²) in [7, 11) is -5.32. The van der Waals surface area contributed by atoms with Crippen molar-refractivity contribution < 1.29 is 40.4 Å². The third-order valence-corrected chi connectivity index (χ3v) is 9.36. The number of hydrogen-bond donors (Lipinski definition) is 0. The van der Waals surface area contributed by atoms with Gasteiger partial charge in [0.25, 0.3) is 5.91 Å². The quantitative estimate of drug-likeness (QED) is 0.419. The molecule has 0 radical (unpaired) electrons. The molecule has 0 N–H and O–H groups in total. The number of likely N-dealkylation sites (N-methyl/N-ethyl adjacent to an activating group) is 1. The zero-order valence-electron chi connectivity index (χ0n) is 26.3. The van der Waals surface area contributed by atoms with Crippen molar-refractivity contribution in [3.05, 3.63) is 40.2 Å². The normalized spacial score (nSPS) is 19.0. The van der Waals surface area contributed by atoms with E-state index >= 15 is 0 Å². The van der Waals surface area contributed by atoms with Gasteiger partial charge in [0.1, 0.15) is 28.5 Å². The maximum atomic E-state index is 14.2. The molecular weight excluding hydrogens is 518 g/mol. The molecule has 37 heavy (non-hydrogen) atoms. The second-order valence-corrected chi connectivity index (χ2v) is 12.3. The van der Waals surface area contributed by atoms with E-state index in [0.29, 0.717) is 21.8 Å². The van der Waals surface area contributed by atoms with Crippen LogP contribution in [-0.2, 0) is 25.9 Å². The van der Waals surface area contributed by atoms with Gasteiger partial charge in [0, 0.05) is 40.7 Å². The molecule has 5 rings (SSSR count). The summed E-state index contributed by atoms with van der Waals surface area (Å²) in [6.07, 6.45) is 0. The number of ether oxygens (including phenoxy) is 4. The summed E-state index contributed by atoms with van der Waals surface area (Å²) < 4.78 is 96.5. The van der Waals surface area contributed by atoms with Crippen LogP contribution in [0.1, 0.15) is 38.1 Å². The van der Waals surface area contributed by atoms with Gasteiger partial charge in [0.05, 0.1) is 47.7 Å². The lowest BCUT2D eigenvalue weighted by Gasteiger charge is -2.47. The van der Waals surface area contributed by atoms with Crippen molar-refractivity contribution in [1.82, 2.24) is 14.7 Å². The van der Waals surface area contributed by atoms with E-state index in [4.69, 9.17) is 27.2 Å². The van der Waals surface area contributed by atoms with E-state index in [1.165, 1.54) is 35.3 Å². The van der Waals surface area contributed by atoms with E-state index in [2.05, 4.69) is 5.10 Å². The molecule has 0 spiro atoms. The van der Waals surface area contributed by atoms with E-state index < -0.39 is 47.2 Å². The molecule has 12 heteroatoms. The molecule has 0 atom stereocenters. The standard InChI is InChI=1S/C25H29N3O7S2/c1-15(2)37(30,31)21-8-17-19(9-20(21)33-5)35-10-18-22(26-28(23(17)18)16-6-7-36-11-16)24(29)27(3)25(12-32-4)13-34-14-25/h6-9,11,15H,10,12-14H2,1-5H3/i3D3,4D3. The number of rotatable bonds is 8. The van der Waals surface area contributed by atoms with E-state index in [-0.39, 0.29) is 47.5 Å². The Hall–Kier alpha value is -2.93. The van der Waals surface area contributed by atoms with Crippen LogP contribution in [0.2, 0.25) is 0 Å². The van der Waals surface area contributed by atoms with Gasteiger partial charge in [-0.1, -0.05) is 0 Å². The number of carbonyl (C=O) groups excluding carboxylic acids is 1. The van der Waals surface area contributed by atoms with Crippen molar-refractivity contribution in [2.75, 3.05) is 40.9 Å². The molecule has 1 fully saturated rings. The molecule has 10 nitrogen and oxygen atoms in total.